The van der Waals surface area contributed by atoms with E-state index in [1.807, 2.05) is 36.5 Å². The van der Waals surface area contributed by atoms with Gasteiger partial charge >= 0.3 is 0 Å². The molecule has 0 fully saturated rings. The lowest BCUT2D eigenvalue weighted by molar-refractivity contribution is 0.502. The number of guanidine groups is 1. The first-order valence-corrected chi connectivity index (χ1v) is 12.8. The van der Waals surface area contributed by atoms with Crippen LogP contribution in [-0.4, -0.2) is 57.0 Å². The van der Waals surface area contributed by atoms with Crippen molar-refractivity contribution in [2.24, 2.45) is 10.7 Å². The molecule has 0 radical (unpaired) electrons. The number of benzene rings is 1. The van der Waals surface area contributed by atoms with Crippen molar-refractivity contribution in [2.75, 3.05) is 12.8 Å². The Hall–Kier alpha value is -2.83. The second kappa shape index (κ2) is 7.89. The summed E-state index contributed by atoms with van der Waals surface area (Å²) in [5.41, 5.74) is 6.49. The number of sulfonamides is 1. The second-order valence-corrected chi connectivity index (χ2v) is 11.6. The van der Waals surface area contributed by atoms with Gasteiger partial charge in [-0.15, -0.1) is 22.0 Å². The van der Waals surface area contributed by atoms with Crippen LogP contribution in [0, 0.1) is 0 Å². The number of aliphatic imine (C=N–C) groups is 1. The standard InChI is InChI=1S/C20H20ClN7O3S2/c1-20(11-33(29,30)27(2)19(22)24-20)16-14(21)10-15(32-16)18-26-25-17(31-18)12-4-6-13(7-5-12)28-9-3-8-23-28/h3-9,15H,10-11H2,1-2H3,(H2,22,24)/t15?,20-/m0/s1. The van der Waals surface area contributed by atoms with Gasteiger partial charge in [0.1, 0.15) is 5.54 Å². The third-order valence-electron chi connectivity index (χ3n) is 5.52. The molecule has 1 unspecified atom stereocenters. The van der Waals surface area contributed by atoms with E-state index in [4.69, 9.17) is 21.8 Å². The Balaban J connectivity index is 1.36. The fourth-order valence-electron chi connectivity index (χ4n) is 3.79. The van der Waals surface area contributed by atoms with Crippen LogP contribution < -0.4 is 5.73 Å². The molecule has 0 saturated carbocycles. The molecular formula is C20H20ClN7O3S2. The van der Waals surface area contributed by atoms with E-state index in [0.717, 1.165) is 15.6 Å². The van der Waals surface area contributed by atoms with Crippen molar-refractivity contribution in [3.63, 3.8) is 0 Å². The van der Waals surface area contributed by atoms with Crippen LogP contribution in [0.15, 0.2) is 62.1 Å². The van der Waals surface area contributed by atoms with Crippen LogP contribution in [-0.2, 0) is 10.0 Å². The van der Waals surface area contributed by atoms with Gasteiger partial charge in [-0.25, -0.2) is 22.4 Å². The minimum atomic E-state index is -3.60. The van der Waals surface area contributed by atoms with E-state index < -0.39 is 15.6 Å². The molecule has 5 rings (SSSR count). The molecule has 2 aromatic heterocycles. The number of thioether (sulfide) groups is 1. The number of nitrogens with zero attached hydrogens (tertiary/aromatic N) is 6. The van der Waals surface area contributed by atoms with Gasteiger partial charge in [-0.2, -0.15) is 5.10 Å². The van der Waals surface area contributed by atoms with Gasteiger partial charge in [0.25, 0.3) is 0 Å². The SMILES string of the molecule is CN1C(N)=N[C@](C)(C2=C(Cl)CC(c3nnc(-c4ccc(-n5cccn5)cc4)o3)S2)CS1(=O)=O. The number of halogens is 1. The Morgan fingerprint density at radius 2 is 2.03 bits per heavy atom. The van der Waals surface area contributed by atoms with Crippen LogP contribution in [0.2, 0.25) is 0 Å². The van der Waals surface area contributed by atoms with Crippen molar-refractivity contribution >= 4 is 39.3 Å². The first-order chi connectivity index (χ1) is 15.7. The highest BCUT2D eigenvalue weighted by molar-refractivity contribution is 8.03. The maximum Gasteiger partial charge on any atom is 0.247 e. The van der Waals surface area contributed by atoms with Gasteiger partial charge < -0.3 is 10.2 Å². The fourth-order valence-corrected chi connectivity index (χ4v) is 7.21. The van der Waals surface area contributed by atoms with Crippen molar-refractivity contribution < 1.29 is 12.8 Å². The van der Waals surface area contributed by atoms with Gasteiger partial charge in [-0.3, -0.25) is 0 Å². The third kappa shape index (κ3) is 3.91. The van der Waals surface area contributed by atoms with E-state index in [1.54, 1.807) is 17.8 Å². The number of hydrogen-bond acceptors (Lipinski definition) is 9. The molecule has 0 bridgehead atoms. The number of rotatable bonds is 4. The summed E-state index contributed by atoms with van der Waals surface area (Å²) in [7, 11) is -2.21. The van der Waals surface area contributed by atoms with Crippen LogP contribution in [0.4, 0.5) is 0 Å². The molecule has 172 valence electrons. The summed E-state index contributed by atoms with van der Waals surface area (Å²) in [6.45, 7) is 1.72. The van der Waals surface area contributed by atoms with Gasteiger partial charge in [0, 0.05) is 41.4 Å². The average Bonchev–Trinajstić information content (AvgIpc) is 3.52. The van der Waals surface area contributed by atoms with E-state index >= 15 is 0 Å². The number of aromatic nitrogens is 4. The maximum atomic E-state index is 12.5. The number of hydrogen-bond donors (Lipinski definition) is 1. The molecular weight excluding hydrogens is 486 g/mol. The van der Waals surface area contributed by atoms with Crippen LogP contribution >= 0.6 is 23.4 Å². The summed E-state index contributed by atoms with van der Waals surface area (Å²) in [6, 6.07) is 9.45. The Morgan fingerprint density at radius 1 is 1.27 bits per heavy atom. The second-order valence-electron chi connectivity index (χ2n) is 7.96. The van der Waals surface area contributed by atoms with E-state index in [-0.39, 0.29) is 17.0 Å². The van der Waals surface area contributed by atoms with Crippen molar-refractivity contribution in [1.82, 2.24) is 24.3 Å². The predicted molar refractivity (Wildman–Crippen MR) is 126 cm³/mol. The monoisotopic (exact) mass is 505 g/mol. The Labute approximate surface area is 199 Å². The molecule has 2 aliphatic rings. The predicted octanol–water partition coefficient (Wildman–Crippen LogP) is 2.90. The van der Waals surface area contributed by atoms with Crippen LogP contribution in [0.25, 0.3) is 17.1 Å². The van der Waals surface area contributed by atoms with Gasteiger partial charge in [-0.05, 0) is 37.3 Å². The number of allylic oxidation sites excluding steroid dienone is 1. The third-order valence-corrected chi connectivity index (χ3v) is 9.50. The zero-order valence-electron chi connectivity index (χ0n) is 17.7. The van der Waals surface area contributed by atoms with Gasteiger partial charge in [0.05, 0.1) is 16.7 Å². The fraction of sp³-hybridized carbons (Fsp3) is 0.300. The topological polar surface area (TPSA) is 132 Å². The molecule has 33 heavy (non-hydrogen) atoms. The lowest BCUT2D eigenvalue weighted by Crippen LogP contribution is -2.51. The molecule has 4 heterocycles. The van der Waals surface area contributed by atoms with Crippen molar-refractivity contribution in [3.8, 4) is 17.1 Å². The summed E-state index contributed by atoms with van der Waals surface area (Å²) in [5, 5.41) is 12.9. The minimum absolute atomic E-state index is 0.0663. The first kappa shape index (κ1) is 22.0. The lowest BCUT2D eigenvalue weighted by Gasteiger charge is -2.35. The van der Waals surface area contributed by atoms with Gasteiger partial charge in [0.2, 0.25) is 27.8 Å². The number of nitrogens with two attached hydrogens (primary N) is 1. The normalized spacial score (nSPS) is 24.9. The summed E-state index contributed by atoms with van der Waals surface area (Å²) in [6.07, 6.45) is 4.01. The highest BCUT2D eigenvalue weighted by Gasteiger charge is 2.46. The van der Waals surface area contributed by atoms with E-state index in [9.17, 15) is 8.42 Å². The van der Waals surface area contributed by atoms with Gasteiger partial charge in [0.15, 0.2) is 0 Å². The van der Waals surface area contributed by atoms with E-state index in [0.29, 0.717) is 28.1 Å². The largest absolute Gasteiger partial charge is 0.419 e. The molecule has 2 atom stereocenters. The highest BCUT2D eigenvalue weighted by atomic mass is 35.5. The smallest absolute Gasteiger partial charge is 0.247 e. The zero-order chi connectivity index (χ0) is 23.4. The van der Waals surface area contributed by atoms with E-state index in [1.165, 1.54) is 18.8 Å². The summed E-state index contributed by atoms with van der Waals surface area (Å²) in [5.74, 6) is 0.511. The molecule has 0 spiro atoms. The minimum Gasteiger partial charge on any atom is -0.419 e. The van der Waals surface area contributed by atoms with Crippen LogP contribution in [0.3, 0.4) is 0 Å². The van der Waals surface area contributed by atoms with Crippen molar-refractivity contribution in [2.45, 2.75) is 24.1 Å². The molecule has 0 aliphatic carbocycles. The van der Waals surface area contributed by atoms with E-state index in [2.05, 4.69) is 20.3 Å². The summed E-state index contributed by atoms with van der Waals surface area (Å²) >= 11 is 7.94. The first-order valence-electron chi connectivity index (χ1n) is 9.98. The molecule has 3 aromatic rings. The molecule has 2 N–H and O–H groups in total. The zero-order valence-corrected chi connectivity index (χ0v) is 20.1. The maximum absolute atomic E-state index is 12.5. The Bertz CT molecular complexity index is 1370. The van der Waals surface area contributed by atoms with Crippen molar-refractivity contribution in [1.29, 1.82) is 0 Å². The summed E-state index contributed by atoms with van der Waals surface area (Å²) in [4.78, 5) is 5.09. The Morgan fingerprint density at radius 3 is 2.70 bits per heavy atom. The summed E-state index contributed by atoms with van der Waals surface area (Å²) < 4.78 is 33.7. The molecule has 0 saturated heterocycles. The lowest BCUT2D eigenvalue weighted by atomic mass is 10.0. The quantitative estimate of drug-likeness (QED) is 0.572. The molecule has 13 heteroatoms. The molecule has 0 amide bonds. The van der Waals surface area contributed by atoms with Crippen LogP contribution in [0.1, 0.15) is 24.5 Å². The average molecular weight is 506 g/mol. The van der Waals surface area contributed by atoms with Crippen molar-refractivity contribution in [3.05, 3.63) is 58.6 Å². The van der Waals surface area contributed by atoms with Crippen LogP contribution in [0.5, 0.6) is 0 Å². The highest BCUT2D eigenvalue weighted by Crippen LogP contribution is 2.54. The molecule has 10 nitrogen and oxygen atoms in total. The Kier molecular flexibility index (Phi) is 5.26. The molecule has 2 aliphatic heterocycles. The van der Waals surface area contributed by atoms with Gasteiger partial charge in [-0.1, -0.05) is 11.6 Å². The molecule has 1 aromatic carbocycles.